The lowest BCUT2D eigenvalue weighted by Crippen LogP contribution is -2.26. The molecule has 1 aliphatic rings. The molecule has 13 heavy (non-hydrogen) atoms. The fourth-order valence-corrected chi connectivity index (χ4v) is 1.55. The average Bonchev–Trinajstić information content (AvgIpc) is 2.29. The van der Waals surface area contributed by atoms with E-state index >= 15 is 0 Å². The molecule has 76 valence electrons. The van der Waals surface area contributed by atoms with E-state index in [1.165, 1.54) is 6.92 Å². The lowest BCUT2D eigenvalue weighted by Gasteiger charge is -2.14. The van der Waals surface area contributed by atoms with Crippen LogP contribution >= 0.6 is 0 Å². The second-order valence-electron chi connectivity index (χ2n) is 3.69. The van der Waals surface area contributed by atoms with Gasteiger partial charge in [-0.1, -0.05) is 0 Å². The molecule has 1 fully saturated rings. The van der Waals surface area contributed by atoms with Gasteiger partial charge >= 0.3 is 0 Å². The van der Waals surface area contributed by atoms with Crippen LogP contribution in [0.5, 0.6) is 0 Å². The molecule has 1 rings (SSSR count). The minimum atomic E-state index is -2.50. The van der Waals surface area contributed by atoms with Gasteiger partial charge in [0.1, 0.15) is 5.78 Å². The summed E-state index contributed by atoms with van der Waals surface area (Å²) >= 11 is 0. The second-order valence-corrected chi connectivity index (χ2v) is 3.69. The summed E-state index contributed by atoms with van der Waals surface area (Å²) in [6.07, 6.45) is 1.17. The SMILES string of the molecule is CC(=O)CCCN1CCC(F)(F)C1. The summed E-state index contributed by atoms with van der Waals surface area (Å²) < 4.78 is 25.3. The fourth-order valence-electron chi connectivity index (χ4n) is 1.55. The normalized spacial score (nSPS) is 22.1. The number of Topliss-reactive ketones (excluding diaryl/α,β-unsaturated/α-hetero) is 1. The highest BCUT2D eigenvalue weighted by atomic mass is 19.3. The predicted octanol–water partition coefficient (Wildman–Crippen LogP) is 1.70. The van der Waals surface area contributed by atoms with E-state index in [9.17, 15) is 13.6 Å². The Morgan fingerprint density at radius 2 is 2.23 bits per heavy atom. The summed E-state index contributed by atoms with van der Waals surface area (Å²) in [5, 5.41) is 0. The Kier molecular flexibility index (Phi) is 3.36. The van der Waals surface area contributed by atoms with Gasteiger partial charge in [-0.2, -0.15) is 0 Å². The van der Waals surface area contributed by atoms with Crippen LogP contribution in [-0.2, 0) is 4.79 Å². The molecular weight excluding hydrogens is 176 g/mol. The lowest BCUT2D eigenvalue weighted by molar-refractivity contribution is -0.117. The first-order valence-corrected chi connectivity index (χ1v) is 4.59. The van der Waals surface area contributed by atoms with Crippen molar-refractivity contribution in [3.8, 4) is 0 Å². The van der Waals surface area contributed by atoms with Gasteiger partial charge in [0.15, 0.2) is 0 Å². The summed E-state index contributed by atoms with van der Waals surface area (Å²) in [6.45, 7) is 2.48. The average molecular weight is 191 g/mol. The molecule has 0 atom stereocenters. The number of alkyl halides is 2. The number of rotatable bonds is 4. The molecule has 0 aliphatic carbocycles. The number of nitrogens with zero attached hydrogens (tertiary/aromatic N) is 1. The molecule has 1 heterocycles. The Labute approximate surface area is 76.9 Å². The Morgan fingerprint density at radius 1 is 1.54 bits per heavy atom. The van der Waals surface area contributed by atoms with Gasteiger partial charge in [0.25, 0.3) is 5.92 Å². The Bertz CT molecular complexity index is 194. The molecule has 0 amide bonds. The largest absolute Gasteiger partial charge is 0.300 e. The standard InChI is InChI=1S/C9H15F2NO/c1-8(13)3-2-5-12-6-4-9(10,11)7-12/h2-7H2,1H3. The number of likely N-dealkylation sites (tertiary alicyclic amines) is 1. The van der Waals surface area contributed by atoms with Crippen molar-refractivity contribution in [2.24, 2.45) is 0 Å². The number of carbonyl (C=O) groups is 1. The molecule has 0 radical (unpaired) electrons. The van der Waals surface area contributed by atoms with Crippen molar-refractivity contribution in [3.63, 3.8) is 0 Å². The van der Waals surface area contributed by atoms with Crippen molar-refractivity contribution in [1.82, 2.24) is 4.90 Å². The number of carbonyl (C=O) groups excluding carboxylic acids is 1. The van der Waals surface area contributed by atoms with Gasteiger partial charge in [-0.15, -0.1) is 0 Å². The second kappa shape index (κ2) is 4.13. The summed E-state index contributed by atoms with van der Waals surface area (Å²) in [4.78, 5) is 12.3. The van der Waals surface area contributed by atoms with Crippen molar-refractivity contribution in [3.05, 3.63) is 0 Å². The van der Waals surface area contributed by atoms with Crippen LogP contribution in [0.15, 0.2) is 0 Å². The highest BCUT2D eigenvalue weighted by Crippen LogP contribution is 2.26. The maximum atomic E-state index is 12.7. The third kappa shape index (κ3) is 3.81. The Morgan fingerprint density at radius 3 is 2.69 bits per heavy atom. The van der Waals surface area contributed by atoms with Gasteiger partial charge in [0.05, 0.1) is 6.54 Å². The third-order valence-corrected chi connectivity index (χ3v) is 2.25. The van der Waals surface area contributed by atoms with Gasteiger partial charge in [0, 0.05) is 19.4 Å². The molecule has 2 nitrogen and oxygen atoms in total. The maximum Gasteiger partial charge on any atom is 0.261 e. The molecule has 0 N–H and O–H groups in total. The van der Waals surface area contributed by atoms with Crippen LogP contribution in [0, 0.1) is 0 Å². The first-order chi connectivity index (χ1) is 5.99. The number of ketones is 1. The van der Waals surface area contributed by atoms with Crippen molar-refractivity contribution in [2.75, 3.05) is 19.6 Å². The summed E-state index contributed by atoms with van der Waals surface area (Å²) in [7, 11) is 0. The highest BCUT2D eigenvalue weighted by molar-refractivity contribution is 5.75. The van der Waals surface area contributed by atoms with E-state index in [0.717, 1.165) is 0 Å². The van der Waals surface area contributed by atoms with Crippen molar-refractivity contribution in [1.29, 1.82) is 0 Å². The van der Waals surface area contributed by atoms with E-state index in [2.05, 4.69) is 0 Å². The van der Waals surface area contributed by atoms with Gasteiger partial charge < -0.3 is 4.79 Å². The van der Waals surface area contributed by atoms with Gasteiger partial charge in [-0.25, -0.2) is 8.78 Å². The van der Waals surface area contributed by atoms with Crippen LogP contribution in [-0.4, -0.2) is 36.2 Å². The zero-order chi connectivity index (χ0) is 9.90. The van der Waals surface area contributed by atoms with Crippen LogP contribution in [0.25, 0.3) is 0 Å². The molecule has 0 aromatic heterocycles. The molecule has 1 aliphatic heterocycles. The van der Waals surface area contributed by atoms with E-state index in [0.29, 0.717) is 25.9 Å². The first-order valence-electron chi connectivity index (χ1n) is 4.59. The van der Waals surface area contributed by atoms with Crippen molar-refractivity contribution in [2.45, 2.75) is 32.1 Å². The van der Waals surface area contributed by atoms with E-state index in [1.54, 1.807) is 4.90 Å². The molecular formula is C9H15F2NO. The van der Waals surface area contributed by atoms with Gasteiger partial charge in [-0.3, -0.25) is 4.90 Å². The molecule has 0 bridgehead atoms. The third-order valence-electron chi connectivity index (χ3n) is 2.25. The van der Waals surface area contributed by atoms with Crippen LogP contribution in [0.1, 0.15) is 26.2 Å². The summed E-state index contributed by atoms with van der Waals surface area (Å²) in [5.74, 6) is -2.37. The van der Waals surface area contributed by atoms with Crippen LogP contribution in [0.4, 0.5) is 8.78 Å². The quantitative estimate of drug-likeness (QED) is 0.674. The van der Waals surface area contributed by atoms with Crippen molar-refractivity contribution >= 4 is 5.78 Å². The molecule has 0 saturated carbocycles. The molecule has 4 heteroatoms. The molecule has 0 unspecified atom stereocenters. The molecule has 0 spiro atoms. The topological polar surface area (TPSA) is 20.3 Å². The van der Waals surface area contributed by atoms with E-state index in [4.69, 9.17) is 0 Å². The first kappa shape index (κ1) is 10.6. The summed E-state index contributed by atoms with van der Waals surface area (Å²) in [6, 6.07) is 0. The summed E-state index contributed by atoms with van der Waals surface area (Å²) in [5.41, 5.74) is 0. The molecule has 0 aromatic rings. The zero-order valence-corrected chi connectivity index (χ0v) is 7.85. The Hall–Kier alpha value is -0.510. The fraction of sp³-hybridized carbons (Fsp3) is 0.889. The van der Waals surface area contributed by atoms with Crippen LogP contribution in [0.3, 0.4) is 0 Å². The molecule has 0 aromatic carbocycles. The van der Waals surface area contributed by atoms with E-state index in [-0.39, 0.29) is 18.7 Å². The number of halogens is 2. The number of hydrogen-bond acceptors (Lipinski definition) is 2. The van der Waals surface area contributed by atoms with E-state index < -0.39 is 5.92 Å². The smallest absolute Gasteiger partial charge is 0.261 e. The monoisotopic (exact) mass is 191 g/mol. The molecule has 1 saturated heterocycles. The van der Waals surface area contributed by atoms with E-state index in [1.807, 2.05) is 0 Å². The minimum Gasteiger partial charge on any atom is -0.300 e. The predicted molar refractivity (Wildman–Crippen MR) is 45.9 cm³/mol. The highest BCUT2D eigenvalue weighted by Gasteiger charge is 2.37. The number of hydrogen-bond donors (Lipinski definition) is 0. The van der Waals surface area contributed by atoms with Gasteiger partial charge in [-0.05, 0) is 19.9 Å². The van der Waals surface area contributed by atoms with Crippen LogP contribution in [0.2, 0.25) is 0 Å². The van der Waals surface area contributed by atoms with Crippen molar-refractivity contribution < 1.29 is 13.6 Å². The Balaban J connectivity index is 2.14. The van der Waals surface area contributed by atoms with Crippen LogP contribution < -0.4 is 0 Å². The van der Waals surface area contributed by atoms with Gasteiger partial charge in [0.2, 0.25) is 0 Å². The minimum absolute atomic E-state index is 0.0347. The zero-order valence-electron chi connectivity index (χ0n) is 7.85. The maximum absolute atomic E-state index is 12.7. The lowest BCUT2D eigenvalue weighted by atomic mass is 10.2.